The Morgan fingerprint density at radius 2 is 1.83 bits per heavy atom. The number of nitrogens with zero attached hydrogens (tertiary/aromatic N) is 3. The summed E-state index contributed by atoms with van der Waals surface area (Å²) >= 11 is 0. The lowest BCUT2D eigenvalue weighted by Gasteiger charge is -2.35. The topological polar surface area (TPSA) is 103 Å². The first kappa shape index (κ1) is 26.5. The summed E-state index contributed by atoms with van der Waals surface area (Å²) in [5.41, 5.74) is -0.465. The highest BCUT2D eigenvalue weighted by Gasteiger charge is 2.25. The maximum atomic E-state index is 12.1. The number of amides is 1. The van der Waals surface area contributed by atoms with Gasteiger partial charge >= 0.3 is 6.09 Å². The molecular weight excluding hydrogens is 406 g/mol. The predicted molar refractivity (Wildman–Crippen MR) is 122 cm³/mol. The molecule has 1 unspecified atom stereocenters. The zero-order chi connectivity index (χ0) is 22.8. The maximum Gasteiger partial charge on any atom is 0.410 e. The molecular formula is C20H41N5O4S. The SMILES string of the molecule is CCNC(=NCCCN1CCN(C(=O)OC(C)(C)C)CC1)NC(C)CCS(C)(=O)=O. The molecule has 1 rings (SSSR count). The van der Waals surface area contributed by atoms with E-state index in [1.54, 1.807) is 4.90 Å². The van der Waals surface area contributed by atoms with Crippen molar-refractivity contribution in [2.75, 3.05) is 57.8 Å². The molecule has 1 aliphatic heterocycles. The van der Waals surface area contributed by atoms with E-state index in [2.05, 4.69) is 20.5 Å². The fraction of sp³-hybridized carbons (Fsp3) is 0.900. The van der Waals surface area contributed by atoms with Crippen LogP contribution < -0.4 is 10.6 Å². The zero-order valence-corrected chi connectivity index (χ0v) is 20.3. The van der Waals surface area contributed by atoms with Crippen molar-refractivity contribution in [3.8, 4) is 0 Å². The zero-order valence-electron chi connectivity index (χ0n) is 19.5. The summed E-state index contributed by atoms with van der Waals surface area (Å²) in [5.74, 6) is 0.879. The Bertz CT molecular complexity index is 653. The fourth-order valence-corrected chi connectivity index (χ4v) is 3.76. The van der Waals surface area contributed by atoms with Crippen LogP contribution in [-0.4, -0.2) is 99.7 Å². The van der Waals surface area contributed by atoms with Gasteiger partial charge in [-0.25, -0.2) is 13.2 Å². The Labute approximate surface area is 182 Å². The Balaban J connectivity index is 2.34. The summed E-state index contributed by atoms with van der Waals surface area (Å²) in [7, 11) is -2.96. The van der Waals surface area contributed by atoms with Crippen molar-refractivity contribution in [3.05, 3.63) is 0 Å². The molecule has 1 fully saturated rings. The third-order valence-electron chi connectivity index (χ3n) is 4.58. The molecule has 9 nitrogen and oxygen atoms in total. The Morgan fingerprint density at radius 1 is 1.20 bits per heavy atom. The molecule has 1 aliphatic rings. The summed E-state index contributed by atoms with van der Waals surface area (Å²) in [6.45, 7) is 15.0. The lowest BCUT2D eigenvalue weighted by molar-refractivity contribution is 0.0145. The molecule has 0 radical (unpaired) electrons. The van der Waals surface area contributed by atoms with Gasteiger partial charge in [0, 0.05) is 58.1 Å². The van der Waals surface area contributed by atoms with Crippen molar-refractivity contribution in [2.45, 2.75) is 59.1 Å². The van der Waals surface area contributed by atoms with Gasteiger partial charge in [0.15, 0.2) is 5.96 Å². The van der Waals surface area contributed by atoms with Crippen molar-refractivity contribution in [3.63, 3.8) is 0 Å². The second kappa shape index (κ2) is 12.3. The van der Waals surface area contributed by atoms with E-state index >= 15 is 0 Å². The van der Waals surface area contributed by atoms with Crippen LogP contribution in [0.15, 0.2) is 4.99 Å². The van der Waals surface area contributed by atoms with Gasteiger partial charge in [0.2, 0.25) is 0 Å². The van der Waals surface area contributed by atoms with Crippen LogP contribution in [0.4, 0.5) is 4.79 Å². The minimum Gasteiger partial charge on any atom is -0.444 e. The van der Waals surface area contributed by atoms with E-state index in [0.29, 0.717) is 32.0 Å². The molecule has 0 aromatic rings. The molecule has 0 aromatic carbocycles. The number of hydrogen-bond donors (Lipinski definition) is 2. The van der Waals surface area contributed by atoms with Crippen LogP contribution in [0.1, 0.15) is 47.5 Å². The van der Waals surface area contributed by atoms with Crippen molar-refractivity contribution >= 4 is 21.9 Å². The van der Waals surface area contributed by atoms with Crippen LogP contribution in [0.5, 0.6) is 0 Å². The molecule has 30 heavy (non-hydrogen) atoms. The van der Waals surface area contributed by atoms with Gasteiger partial charge in [-0.05, 0) is 47.5 Å². The van der Waals surface area contributed by atoms with E-state index in [9.17, 15) is 13.2 Å². The largest absolute Gasteiger partial charge is 0.444 e. The molecule has 1 amide bonds. The summed E-state index contributed by atoms with van der Waals surface area (Å²) in [4.78, 5) is 20.8. The highest BCUT2D eigenvalue weighted by molar-refractivity contribution is 7.90. The van der Waals surface area contributed by atoms with E-state index in [4.69, 9.17) is 4.74 Å². The fourth-order valence-electron chi connectivity index (χ4n) is 2.98. The van der Waals surface area contributed by atoms with Crippen molar-refractivity contribution in [2.24, 2.45) is 4.99 Å². The number of sulfone groups is 1. The quantitative estimate of drug-likeness (QED) is 0.312. The van der Waals surface area contributed by atoms with Crippen molar-refractivity contribution in [1.82, 2.24) is 20.4 Å². The molecule has 1 heterocycles. The second-order valence-corrected chi connectivity index (χ2v) is 11.1. The van der Waals surface area contributed by atoms with Crippen LogP contribution in [-0.2, 0) is 14.6 Å². The van der Waals surface area contributed by atoms with Gasteiger partial charge in [0.05, 0.1) is 5.75 Å². The first-order valence-electron chi connectivity index (χ1n) is 10.8. The van der Waals surface area contributed by atoms with Crippen LogP contribution in [0.25, 0.3) is 0 Å². The van der Waals surface area contributed by atoms with E-state index in [-0.39, 0.29) is 17.9 Å². The highest BCUT2D eigenvalue weighted by atomic mass is 32.2. The van der Waals surface area contributed by atoms with Gasteiger partial charge < -0.3 is 20.3 Å². The van der Waals surface area contributed by atoms with Gasteiger partial charge in [0.1, 0.15) is 15.4 Å². The van der Waals surface area contributed by atoms with Crippen molar-refractivity contribution in [1.29, 1.82) is 0 Å². The molecule has 0 saturated carbocycles. The summed E-state index contributed by atoms with van der Waals surface area (Å²) in [6, 6.07) is 0.0263. The van der Waals surface area contributed by atoms with Crippen LogP contribution in [0.2, 0.25) is 0 Å². The third kappa shape index (κ3) is 12.2. The number of ether oxygens (including phenoxy) is 1. The smallest absolute Gasteiger partial charge is 0.410 e. The molecule has 0 bridgehead atoms. The number of rotatable bonds is 9. The molecule has 1 saturated heterocycles. The number of hydrogen-bond acceptors (Lipinski definition) is 6. The minimum absolute atomic E-state index is 0.0263. The van der Waals surface area contributed by atoms with E-state index in [1.807, 2.05) is 34.6 Å². The molecule has 1 atom stereocenters. The van der Waals surface area contributed by atoms with Crippen LogP contribution in [0.3, 0.4) is 0 Å². The molecule has 0 aliphatic carbocycles. The van der Waals surface area contributed by atoms with Gasteiger partial charge in [-0.15, -0.1) is 0 Å². The molecule has 2 N–H and O–H groups in total. The van der Waals surface area contributed by atoms with Crippen LogP contribution in [0, 0.1) is 0 Å². The average Bonchev–Trinajstić information content (AvgIpc) is 2.62. The maximum absolute atomic E-state index is 12.1. The molecule has 0 spiro atoms. The first-order chi connectivity index (χ1) is 13.9. The van der Waals surface area contributed by atoms with Crippen LogP contribution >= 0.6 is 0 Å². The standard InChI is InChI=1S/C20H41N5O4S/c1-7-21-18(23-17(2)9-16-30(6,27)28)22-10-8-11-24-12-14-25(15-13-24)19(26)29-20(3,4)5/h17H,7-16H2,1-6H3,(H2,21,22,23). The Morgan fingerprint density at radius 3 is 2.37 bits per heavy atom. The number of nitrogens with one attached hydrogen (secondary N) is 2. The Hall–Kier alpha value is -1.55. The number of carbonyl (C=O) groups is 1. The normalized spacial score (nSPS) is 17.5. The number of guanidine groups is 1. The highest BCUT2D eigenvalue weighted by Crippen LogP contribution is 2.12. The van der Waals surface area contributed by atoms with Crippen molar-refractivity contribution < 1.29 is 17.9 Å². The predicted octanol–water partition coefficient (Wildman–Crippen LogP) is 1.31. The Kier molecular flexibility index (Phi) is 10.9. The first-order valence-corrected chi connectivity index (χ1v) is 12.9. The van der Waals surface area contributed by atoms with Gasteiger partial charge in [-0.2, -0.15) is 0 Å². The number of aliphatic imine (C=N–C) groups is 1. The second-order valence-electron chi connectivity index (χ2n) is 8.89. The van der Waals surface area contributed by atoms with E-state index < -0.39 is 15.4 Å². The van der Waals surface area contributed by atoms with Gasteiger partial charge in [0.25, 0.3) is 0 Å². The molecule has 10 heteroatoms. The number of carbonyl (C=O) groups excluding carboxylic acids is 1. The molecule has 176 valence electrons. The van der Waals surface area contributed by atoms with E-state index in [0.717, 1.165) is 32.6 Å². The van der Waals surface area contributed by atoms with E-state index in [1.165, 1.54) is 6.26 Å². The summed E-state index contributed by atoms with van der Waals surface area (Å²) < 4.78 is 28.1. The van der Waals surface area contributed by atoms with Gasteiger partial charge in [-0.1, -0.05) is 0 Å². The third-order valence-corrected chi connectivity index (χ3v) is 5.55. The van der Waals surface area contributed by atoms with Gasteiger partial charge in [-0.3, -0.25) is 9.89 Å². The summed E-state index contributed by atoms with van der Waals surface area (Å²) in [6.07, 6.45) is 2.48. The summed E-state index contributed by atoms with van der Waals surface area (Å²) in [5, 5.41) is 6.47. The number of piperazine rings is 1. The minimum atomic E-state index is -2.96. The lowest BCUT2D eigenvalue weighted by atomic mass is 10.2. The monoisotopic (exact) mass is 447 g/mol. The average molecular weight is 448 g/mol. The molecule has 0 aromatic heterocycles. The lowest BCUT2D eigenvalue weighted by Crippen LogP contribution is -2.50.